The predicted octanol–water partition coefficient (Wildman–Crippen LogP) is 4.89. The Morgan fingerprint density at radius 3 is 2.19 bits per heavy atom. The van der Waals surface area contributed by atoms with Gasteiger partial charge in [-0.25, -0.2) is 0 Å². The molecule has 0 unspecified atom stereocenters. The van der Waals surface area contributed by atoms with Crippen molar-refractivity contribution >= 4 is 10.9 Å². The van der Waals surface area contributed by atoms with E-state index in [-0.39, 0.29) is 12.1 Å². The Morgan fingerprint density at radius 1 is 0.905 bits per heavy atom. The van der Waals surface area contributed by atoms with Gasteiger partial charge < -0.3 is 4.57 Å². The summed E-state index contributed by atoms with van der Waals surface area (Å²) in [5.74, 6) is 0. The lowest BCUT2D eigenvalue weighted by Gasteiger charge is -2.14. The lowest BCUT2D eigenvalue weighted by Crippen LogP contribution is -2.15. The van der Waals surface area contributed by atoms with Crippen LogP contribution in [0.15, 0.2) is 54.6 Å². The Morgan fingerprint density at radius 2 is 1.52 bits per heavy atom. The monoisotopic (exact) mass is 288 g/mol. The second-order valence-corrected chi connectivity index (χ2v) is 4.91. The molecule has 1 nitrogen and oxygen atoms in total. The number of rotatable bonds is 2. The first-order chi connectivity index (χ1) is 9.98. The van der Waals surface area contributed by atoms with Crippen molar-refractivity contribution in [1.29, 1.82) is 0 Å². The summed E-state index contributed by atoms with van der Waals surface area (Å²) >= 11 is 0. The van der Waals surface area contributed by atoms with Gasteiger partial charge in [-0.15, -0.1) is 0 Å². The summed E-state index contributed by atoms with van der Waals surface area (Å²) in [5.41, 5.74) is 0.740. The lowest BCUT2D eigenvalue weighted by atomic mass is 10.1. The largest absolute Gasteiger partial charge is 0.431 e. The molecule has 0 saturated heterocycles. The minimum absolute atomic E-state index is 0.0361. The standard InChI is InChI=1S/C17H13F3N/c1-12-14-9-5-6-10-15(14)21(16(12)17(18,19)20)11-13-7-3-2-4-8-13/h2-10H,1,11H2. The second-order valence-electron chi connectivity index (χ2n) is 4.91. The lowest BCUT2D eigenvalue weighted by molar-refractivity contribution is -0.143. The van der Waals surface area contributed by atoms with Crippen LogP contribution in [0.2, 0.25) is 0 Å². The van der Waals surface area contributed by atoms with Crippen LogP contribution >= 0.6 is 0 Å². The van der Waals surface area contributed by atoms with Gasteiger partial charge in [-0.3, -0.25) is 0 Å². The van der Waals surface area contributed by atoms with Gasteiger partial charge in [-0.2, -0.15) is 13.2 Å². The third kappa shape index (κ3) is 2.42. The van der Waals surface area contributed by atoms with E-state index < -0.39 is 11.9 Å². The smallest absolute Gasteiger partial charge is 0.332 e. The molecule has 0 aliphatic heterocycles. The second kappa shape index (κ2) is 4.95. The zero-order valence-electron chi connectivity index (χ0n) is 11.2. The maximum atomic E-state index is 13.4. The maximum absolute atomic E-state index is 13.4. The van der Waals surface area contributed by atoms with Crippen molar-refractivity contribution in [3.8, 4) is 0 Å². The van der Waals surface area contributed by atoms with Crippen molar-refractivity contribution in [2.24, 2.45) is 0 Å². The highest BCUT2D eigenvalue weighted by Gasteiger charge is 2.37. The van der Waals surface area contributed by atoms with Crippen LogP contribution in [-0.2, 0) is 12.7 Å². The Hall–Kier alpha value is -2.23. The van der Waals surface area contributed by atoms with Gasteiger partial charge in [0.2, 0.25) is 0 Å². The molecule has 0 spiro atoms. The molecule has 1 radical (unpaired) electrons. The molecule has 0 amide bonds. The molecule has 0 fully saturated rings. The molecule has 107 valence electrons. The van der Waals surface area contributed by atoms with Gasteiger partial charge in [0.1, 0.15) is 5.69 Å². The molecule has 0 bridgehead atoms. The molecule has 0 atom stereocenters. The van der Waals surface area contributed by atoms with Crippen molar-refractivity contribution in [2.45, 2.75) is 12.7 Å². The fraction of sp³-hybridized carbons (Fsp3) is 0.118. The molecule has 1 heterocycles. The number of para-hydroxylation sites is 1. The van der Waals surface area contributed by atoms with E-state index >= 15 is 0 Å². The third-order valence-electron chi connectivity index (χ3n) is 3.53. The van der Waals surface area contributed by atoms with Crippen LogP contribution in [0, 0.1) is 6.92 Å². The van der Waals surface area contributed by atoms with E-state index in [1.54, 1.807) is 24.3 Å². The average Bonchev–Trinajstić information content (AvgIpc) is 2.73. The summed E-state index contributed by atoms with van der Waals surface area (Å²) in [6, 6.07) is 16.0. The van der Waals surface area contributed by atoms with E-state index in [0.29, 0.717) is 10.9 Å². The first-order valence-corrected chi connectivity index (χ1v) is 6.53. The third-order valence-corrected chi connectivity index (χ3v) is 3.53. The summed E-state index contributed by atoms with van der Waals surface area (Å²) in [7, 11) is 0. The zero-order chi connectivity index (χ0) is 15.0. The number of benzene rings is 2. The number of aromatic nitrogens is 1. The number of hydrogen-bond acceptors (Lipinski definition) is 0. The first-order valence-electron chi connectivity index (χ1n) is 6.53. The molecule has 4 heteroatoms. The fourth-order valence-electron chi connectivity index (χ4n) is 2.63. The maximum Gasteiger partial charge on any atom is 0.431 e. The Labute approximate surface area is 120 Å². The van der Waals surface area contributed by atoms with Gasteiger partial charge in [-0.05, 0) is 24.1 Å². The summed E-state index contributed by atoms with van der Waals surface area (Å²) in [5, 5.41) is 0.542. The van der Waals surface area contributed by atoms with Crippen LogP contribution in [0.3, 0.4) is 0 Å². The van der Waals surface area contributed by atoms with E-state index in [2.05, 4.69) is 6.92 Å². The Kier molecular flexibility index (Phi) is 3.24. The first kappa shape index (κ1) is 13.7. The molecule has 21 heavy (non-hydrogen) atoms. The molecular formula is C17H13F3N. The topological polar surface area (TPSA) is 4.93 Å². The summed E-state index contributed by atoms with van der Waals surface area (Å²) in [4.78, 5) is 0. The quantitative estimate of drug-likeness (QED) is 0.632. The van der Waals surface area contributed by atoms with Gasteiger partial charge in [0.15, 0.2) is 0 Å². The van der Waals surface area contributed by atoms with Gasteiger partial charge >= 0.3 is 6.18 Å². The molecule has 0 aliphatic rings. The van der Waals surface area contributed by atoms with Crippen molar-refractivity contribution in [1.82, 2.24) is 4.57 Å². The van der Waals surface area contributed by atoms with E-state index in [4.69, 9.17) is 0 Å². The summed E-state index contributed by atoms with van der Waals surface area (Å²) in [6.07, 6.45) is -4.43. The fourth-order valence-corrected chi connectivity index (χ4v) is 2.63. The predicted molar refractivity (Wildman–Crippen MR) is 76.9 cm³/mol. The minimum atomic E-state index is -4.43. The molecule has 0 aliphatic carbocycles. The van der Waals surface area contributed by atoms with E-state index in [1.165, 1.54) is 4.57 Å². The molecule has 0 N–H and O–H groups in total. The number of nitrogens with zero attached hydrogens (tertiary/aromatic N) is 1. The van der Waals surface area contributed by atoms with Crippen LogP contribution in [0.1, 0.15) is 16.8 Å². The van der Waals surface area contributed by atoms with Crippen molar-refractivity contribution in [2.75, 3.05) is 0 Å². The average molecular weight is 288 g/mol. The van der Waals surface area contributed by atoms with E-state index in [1.807, 2.05) is 30.3 Å². The number of alkyl halides is 3. The van der Waals surface area contributed by atoms with Crippen LogP contribution in [-0.4, -0.2) is 4.57 Å². The Balaban J connectivity index is 2.24. The molecule has 1 aromatic heterocycles. The molecule has 0 saturated carbocycles. The minimum Gasteiger partial charge on any atom is -0.332 e. The molecule has 2 aromatic carbocycles. The molecule has 3 rings (SSSR count). The van der Waals surface area contributed by atoms with Gasteiger partial charge in [0.25, 0.3) is 0 Å². The van der Waals surface area contributed by atoms with Crippen LogP contribution < -0.4 is 0 Å². The SMILES string of the molecule is [CH2]c1c(C(F)(F)F)n(Cc2ccccc2)c2ccccc12. The van der Waals surface area contributed by atoms with E-state index in [9.17, 15) is 13.2 Å². The van der Waals surface area contributed by atoms with Crippen molar-refractivity contribution in [3.63, 3.8) is 0 Å². The summed E-state index contributed by atoms with van der Waals surface area (Å²) in [6.45, 7) is 3.81. The van der Waals surface area contributed by atoms with Crippen LogP contribution in [0.5, 0.6) is 0 Å². The van der Waals surface area contributed by atoms with Gasteiger partial charge in [-0.1, -0.05) is 48.5 Å². The number of fused-ring (bicyclic) bond motifs is 1. The number of halogens is 3. The number of hydrogen-bond donors (Lipinski definition) is 0. The van der Waals surface area contributed by atoms with Gasteiger partial charge in [0, 0.05) is 17.4 Å². The highest BCUT2D eigenvalue weighted by molar-refractivity contribution is 5.86. The van der Waals surface area contributed by atoms with Crippen molar-refractivity contribution in [3.05, 3.63) is 78.3 Å². The molecular weight excluding hydrogens is 275 g/mol. The molecule has 3 aromatic rings. The van der Waals surface area contributed by atoms with Gasteiger partial charge in [0.05, 0.1) is 0 Å². The highest BCUT2D eigenvalue weighted by Crippen LogP contribution is 2.38. The Bertz CT molecular complexity index is 770. The van der Waals surface area contributed by atoms with E-state index in [0.717, 1.165) is 5.56 Å². The normalized spacial score (nSPS) is 12.0. The highest BCUT2D eigenvalue weighted by atomic mass is 19.4. The summed E-state index contributed by atoms with van der Waals surface area (Å²) < 4.78 is 41.5. The van der Waals surface area contributed by atoms with Crippen molar-refractivity contribution < 1.29 is 13.2 Å². The van der Waals surface area contributed by atoms with Crippen LogP contribution in [0.25, 0.3) is 10.9 Å². The zero-order valence-corrected chi connectivity index (χ0v) is 11.2. The van der Waals surface area contributed by atoms with Crippen LogP contribution in [0.4, 0.5) is 13.2 Å².